The molecule has 0 fully saturated rings. The predicted octanol–water partition coefficient (Wildman–Crippen LogP) is 8.09. The first-order valence-corrected chi connectivity index (χ1v) is 12.3. The molecule has 6 rings (SSSR count). The standard InChI is InChI=1S/C34H30/c1-33(2)21-27-19-29(33)15-17-31(27)25-11-7-23(8-12-25)5-6-24-9-13-26(14-10-24)32-18-16-30-20-28(32)22-34(30,3)4/h7-20H,21-22H2,1-4H3. The maximum absolute atomic E-state index is 3.34. The summed E-state index contributed by atoms with van der Waals surface area (Å²) in [7, 11) is 0. The summed E-state index contributed by atoms with van der Waals surface area (Å²) in [6.07, 6.45) is 2.23. The molecule has 34 heavy (non-hydrogen) atoms. The Balaban J connectivity index is 1.19. The van der Waals surface area contributed by atoms with Crippen molar-refractivity contribution in [3.8, 4) is 34.1 Å². The molecule has 0 nitrogen and oxygen atoms in total. The maximum Gasteiger partial charge on any atom is 0.0249 e. The van der Waals surface area contributed by atoms with E-state index in [-0.39, 0.29) is 10.8 Å². The molecular weight excluding hydrogens is 408 g/mol. The molecule has 0 saturated heterocycles. The van der Waals surface area contributed by atoms with Gasteiger partial charge in [-0.25, -0.2) is 0 Å². The van der Waals surface area contributed by atoms with E-state index in [4.69, 9.17) is 0 Å². The second kappa shape index (κ2) is 7.48. The minimum Gasteiger partial charge on any atom is -0.0617 e. The topological polar surface area (TPSA) is 0 Å². The molecule has 4 aromatic rings. The van der Waals surface area contributed by atoms with E-state index in [0.29, 0.717) is 0 Å². The van der Waals surface area contributed by atoms with Crippen LogP contribution in [-0.2, 0) is 23.7 Å². The van der Waals surface area contributed by atoms with Gasteiger partial charge < -0.3 is 0 Å². The van der Waals surface area contributed by atoms with Crippen LogP contribution in [0.1, 0.15) is 61.1 Å². The van der Waals surface area contributed by atoms with Crippen molar-refractivity contribution in [1.29, 1.82) is 0 Å². The molecule has 0 N–H and O–H groups in total. The van der Waals surface area contributed by atoms with E-state index in [9.17, 15) is 0 Å². The Kier molecular flexibility index (Phi) is 4.62. The highest BCUT2D eigenvalue weighted by Gasteiger charge is 2.30. The number of benzene rings is 4. The summed E-state index contributed by atoms with van der Waals surface area (Å²) < 4.78 is 0. The van der Waals surface area contributed by atoms with Crippen molar-refractivity contribution in [3.63, 3.8) is 0 Å². The summed E-state index contributed by atoms with van der Waals surface area (Å²) in [5, 5.41) is 0. The van der Waals surface area contributed by atoms with E-state index < -0.39 is 0 Å². The molecule has 2 aliphatic rings. The van der Waals surface area contributed by atoms with Crippen molar-refractivity contribution < 1.29 is 0 Å². The van der Waals surface area contributed by atoms with Crippen LogP contribution >= 0.6 is 0 Å². The Morgan fingerprint density at radius 2 is 0.882 bits per heavy atom. The van der Waals surface area contributed by atoms with Crippen LogP contribution < -0.4 is 0 Å². The highest BCUT2D eigenvalue weighted by atomic mass is 14.3. The van der Waals surface area contributed by atoms with Gasteiger partial charge in [-0.15, -0.1) is 0 Å². The summed E-state index contributed by atoms with van der Waals surface area (Å²) in [5.41, 5.74) is 13.7. The lowest BCUT2D eigenvalue weighted by molar-refractivity contribution is 0.547. The number of hydrogen-bond donors (Lipinski definition) is 0. The van der Waals surface area contributed by atoms with Gasteiger partial charge in [-0.1, -0.05) is 100 Å². The van der Waals surface area contributed by atoms with E-state index in [1.165, 1.54) is 44.5 Å². The van der Waals surface area contributed by atoms with Crippen LogP contribution in [0.5, 0.6) is 0 Å². The van der Waals surface area contributed by atoms with E-state index in [1.54, 1.807) is 0 Å². The fourth-order valence-electron chi connectivity index (χ4n) is 5.65. The number of fused-ring (bicyclic) bond motifs is 4. The lowest BCUT2D eigenvalue weighted by atomic mass is 9.87. The molecule has 4 aromatic carbocycles. The van der Waals surface area contributed by atoms with Crippen LogP contribution in [0.2, 0.25) is 0 Å². The summed E-state index contributed by atoms with van der Waals surface area (Å²) in [4.78, 5) is 0. The zero-order chi connectivity index (χ0) is 23.5. The zero-order valence-corrected chi connectivity index (χ0v) is 20.5. The Labute approximate surface area is 203 Å². The van der Waals surface area contributed by atoms with Crippen LogP contribution in [0, 0.1) is 11.8 Å². The smallest absolute Gasteiger partial charge is 0.0249 e. The van der Waals surface area contributed by atoms with Crippen LogP contribution in [0.4, 0.5) is 0 Å². The fourth-order valence-corrected chi connectivity index (χ4v) is 5.65. The van der Waals surface area contributed by atoms with E-state index in [2.05, 4.69) is 124 Å². The van der Waals surface area contributed by atoms with Crippen molar-refractivity contribution in [2.75, 3.05) is 0 Å². The van der Waals surface area contributed by atoms with Gasteiger partial charge in [0.2, 0.25) is 0 Å². The normalized spacial score (nSPS) is 16.2. The van der Waals surface area contributed by atoms with Crippen molar-refractivity contribution in [2.24, 2.45) is 0 Å². The third-order valence-corrected chi connectivity index (χ3v) is 7.78. The summed E-state index contributed by atoms with van der Waals surface area (Å²) in [6.45, 7) is 9.32. The Hall–Kier alpha value is -3.56. The van der Waals surface area contributed by atoms with Crippen molar-refractivity contribution in [1.82, 2.24) is 0 Å². The minimum absolute atomic E-state index is 0.256. The molecule has 0 heterocycles. The summed E-state index contributed by atoms with van der Waals surface area (Å²) in [5.74, 6) is 6.68. The third kappa shape index (κ3) is 3.57. The average Bonchev–Trinajstić information content (AvgIpc) is 3.20. The fraction of sp³-hybridized carbons (Fsp3) is 0.235. The Morgan fingerprint density at radius 3 is 1.26 bits per heavy atom. The molecule has 4 bridgehead atoms. The largest absolute Gasteiger partial charge is 0.0617 e. The van der Waals surface area contributed by atoms with E-state index in [1.807, 2.05) is 0 Å². The van der Waals surface area contributed by atoms with Crippen LogP contribution in [0.3, 0.4) is 0 Å². The zero-order valence-electron chi connectivity index (χ0n) is 20.5. The molecule has 0 aliphatic heterocycles. The molecule has 0 atom stereocenters. The first-order chi connectivity index (χ1) is 16.3. The molecule has 0 heteroatoms. The highest BCUT2D eigenvalue weighted by molar-refractivity contribution is 5.72. The van der Waals surface area contributed by atoms with Gasteiger partial charge in [-0.3, -0.25) is 0 Å². The van der Waals surface area contributed by atoms with Crippen LogP contribution in [0.15, 0.2) is 84.9 Å². The van der Waals surface area contributed by atoms with Gasteiger partial charge in [0.05, 0.1) is 0 Å². The summed E-state index contributed by atoms with van der Waals surface area (Å²) >= 11 is 0. The van der Waals surface area contributed by atoms with Gasteiger partial charge in [0.25, 0.3) is 0 Å². The van der Waals surface area contributed by atoms with E-state index >= 15 is 0 Å². The lowest BCUT2D eigenvalue weighted by Gasteiger charge is -2.17. The molecule has 0 spiro atoms. The van der Waals surface area contributed by atoms with Gasteiger partial charge in [0.1, 0.15) is 0 Å². The summed E-state index contributed by atoms with van der Waals surface area (Å²) in [6, 6.07) is 31.3. The van der Waals surface area contributed by atoms with Crippen molar-refractivity contribution >= 4 is 0 Å². The van der Waals surface area contributed by atoms with Crippen molar-refractivity contribution in [2.45, 2.75) is 51.4 Å². The number of hydrogen-bond acceptors (Lipinski definition) is 0. The Morgan fingerprint density at radius 1 is 0.500 bits per heavy atom. The van der Waals surface area contributed by atoms with Gasteiger partial charge >= 0.3 is 0 Å². The quantitative estimate of drug-likeness (QED) is 0.277. The average molecular weight is 439 g/mol. The molecule has 2 aliphatic carbocycles. The van der Waals surface area contributed by atoms with Gasteiger partial charge in [-0.2, -0.15) is 0 Å². The molecule has 0 radical (unpaired) electrons. The molecule has 0 amide bonds. The Bertz CT molecular complexity index is 1350. The van der Waals surface area contributed by atoms with E-state index in [0.717, 1.165) is 24.0 Å². The predicted molar refractivity (Wildman–Crippen MR) is 143 cm³/mol. The maximum atomic E-state index is 3.34. The van der Waals surface area contributed by atoms with Gasteiger partial charge in [-0.05, 0) is 92.4 Å². The first kappa shape index (κ1) is 21.0. The minimum atomic E-state index is 0.256. The van der Waals surface area contributed by atoms with Crippen LogP contribution in [0.25, 0.3) is 22.3 Å². The monoisotopic (exact) mass is 438 g/mol. The lowest BCUT2D eigenvalue weighted by Crippen LogP contribution is -2.13. The van der Waals surface area contributed by atoms with Gasteiger partial charge in [0.15, 0.2) is 0 Å². The highest BCUT2D eigenvalue weighted by Crippen LogP contribution is 2.41. The molecule has 166 valence electrons. The second-order valence-electron chi connectivity index (χ2n) is 11.3. The van der Waals surface area contributed by atoms with Crippen LogP contribution in [-0.4, -0.2) is 0 Å². The molecular formula is C34H30. The molecule has 0 aromatic heterocycles. The van der Waals surface area contributed by atoms with Gasteiger partial charge in [0, 0.05) is 11.1 Å². The number of rotatable bonds is 2. The molecule has 0 unspecified atom stereocenters. The SMILES string of the molecule is CC1(C)Cc2cc1ccc2-c1ccc(C#Cc2ccc(-c3ccc4cc3CC4(C)C)cc2)cc1. The third-order valence-electron chi connectivity index (χ3n) is 7.78. The second-order valence-corrected chi connectivity index (χ2v) is 11.3. The molecule has 0 saturated carbocycles. The van der Waals surface area contributed by atoms with Crippen molar-refractivity contribution in [3.05, 3.63) is 118 Å². The first-order valence-electron chi connectivity index (χ1n) is 12.3.